The molecule has 0 N–H and O–H groups in total. The highest BCUT2D eigenvalue weighted by Gasteiger charge is 2.24. The van der Waals surface area contributed by atoms with Gasteiger partial charge in [0.1, 0.15) is 4.34 Å². The number of benzene rings is 1. The third kappa shape index (κ3) is 4.07. The first-order valence-corrected chi connectivity index (χ1v) is 11.0. The van der Waals surface area contributed by atoms with Crippen molar-refractivity contribution in [3.63, 3.8) is 0 Å². The van der Waals surface area contributed by atoms with Crippen LogP contribution in [0.3, 0.4) is 0 Å². The summed E-state index contributed by atoms with van der Waals surface area (Å²) in [5, 5.41) is 0.662. The minimum atomic E-state index is -0.186. The average Bonchev–Trinajstić information content (AvgIpc) is 3.38. The van der Waals surface area contributed by atoms with Crippen molar-refractivity contribution in [1.82, 2.24) is 14.5 Å². The molecule has 0 saturated heterocycles. The monoisotopic (exact) mass is 450 g/mol. The largest absolute Gasteiger partial charge is 0.337 e. The van der Waals surface area contributed by atoms with Crippen LogP contribution in [0.15, 0.2) is 43.0 Å². The van der Waals surface area contributed by atoms with Crippen molar-refractivity contribution < 1.29 is 4.79 Å². The van der Waals surface area contributed by atoms with Crippen molar-refractivity contribution in [1.29, 1.82) is 0 Å². The van der Waals surface area contributed by atoms with Gasteiger partial charge in [0.15, 0.2) is 5.13 Å². The highest BCUT2D eigenvalue weighted by atomic mass is 35.5. The first-order valence-electron chi connectivity index (χ1n) is 8.61. The molecule has 0 unspecified atom stereocenters. The number of aryl methyl sites for hydroxylation is 2. The second-order valence-electron chi connectivity index (χ2n) is 6.32. The van der Waals surface area contributed by atoms with Crippen molar-refractivity contribution in [2.75, 3.05) is 11.4 Å². The Labute approximate surface area is 180 Å². The highest BCUT2D eigenvalue weighted by Crippen LogP contribution is 2.35. The van der Waals surface area contributed by atoms with Crippen molar-refractivity contribution in [3.05, 3.63) is 62.8 Å². The van der Waals surface area contributed by atoms with E-state index in [9.17, 15) is 4.79 Å². The van der Waals surface area contributed by atoms with Gasteiger partial charge in [0.2, 0.25) is 0 Å². The predicted molar refractivity (Wildman–Crippen MR) is 117 cm³/mol. The van der Waals surface area contributed by atoms with E-state index in [2.05, 4.69) is 16.0 Å². The normalized spacial score (nSPS) is 11.2. The van der Waals surface area contributed by atoms with E-state index < -0.39 is 0 Å². The molecule has 144 valence electrons. The van der Waals surface area contributed by atoms with E-state index in [-0.39, 0.29) is 5.91 Å². The zero-order valence-electron chi connectivity index (χ0n) is 14.9. The van der Waals surface area contributed by atoms with Crippen LogP contribution in [0.1, 0.15) is 22.3 Å². The number of amides is 1. The Morgan fingerprint density at radius 1 is 1.25 bits per heavy atom. The lowest BCUT2D eigenvalue weighted by Gasteiger charge is -2.19. The Bertz CT molecular complexity index is 1120. The van der Waals surface area contributed by atoms with Gasteiger partial charge in [-0.05, 0) is 37.1 Å². The number of thiazole rings is 1. The zero-order valence-corrected chi connectivity index (χ0v) is 18.1. The molecule has 1 amide bonds. The molecule has 9 heteroatoms. The van der Waals surface area contributed by atoms with Crippen LogP contribution in [0.2, 0.25) is 8.67 Å². The second-order valence-corrected chi connectivity index (χ2v) is 9.61. The summed E-state index contributed by atoms with van der Waals surface area (Å²) in [6, 6.07) is 7.70. The van der Waals surface area contributed by atoms with E-state index in [1.807, 2.05) is 29.8 Å². The fourth-order valence-corrected chi connectivity index (χ4v) is 5.42. The number of rotatable bonds is 6. The highest BCUT2D eigenvalue weighted by molar-refractivity contribution is 7.22. The molecule has 5 nitrogen and oxygen atoms in total. The molecule has 1 aromatic carbocycles. The van der Waals surface area contributed by atoms with Crippen LogP contribution in [0.4, 0.5) is 5.13 Å². The fourth-order valence-electron chi connectivity index (χ4n) is 2.88. The molecule has 0 aliphatic rings. The number of hydrogen-bond acceptors (Lipinski definition) is 5. The van der Waals surface area contributed by atoms with Crippen LogP contribution < -0.4 is 4.90 Å². The Balaban J connectivity index is 1.64. The first-order chi connectivity index (χ1) is 13.5. The summed E-state index contributed by atoms with van der Waals surface area (Å²) in [5.41, 5.74) is 2.45. The van der Waals surface area contributed by atoms with Gasteiger partial charge in [0, 0.05) is 25.5 Å². The van der Waals surface area contributed by atoms with Gasteiger partial charge >= 0.3 is 0 Å². The number of aromatic nitrogens is 3. The second kappa shape index (κ2) is 8.21. The number of hydrogen-bond donors (Lipinski definition) is 0. The molecular weight excluding hydrogens is 435 g/mol. The number of thiophene rings is 1. The number of carbonyl (C=O) groups excluding carboxylic acids is 1. The number of anilines is 1. The smallest absolute Gasteiger partial charge is 0.262 e. The van der Waals surface area contributed by atoms with E-state index >= 15 is 0 Å². The van der Waals surface area contributed by atoms with Gasteiger partial charge in [0.05, 0.1) is 26.4 Å². The van der Waals surface area contributed by atoms with Crippen molar-refractivity contribution in [2.45, 2.75) is 19.9 Å². The molecule has 0 fully saturated rings. The van der Waals surface area contributed by atoms with Crippen LogP contribution in [0, 0.1) is 6.92 Å². The fraction of sp³-hybridized carbons (Fsp3) is 0.211. The maximum Gasteiger partial charge on any atom is 0.262 e. The summed E-state index contributed by atoms with van der Waals surface area (Å²) < 4.78 is 3.92. The number of imidazole rings is 1. The minimum Gasteiger partial charge on any atom is -0.337 e. The van der Waals surface area contributed by atoms with Crippen LogP contribution in [0.5, 0.6) is 0 Å². The van der Waals surface area contributed by atoms with Gasteiger partial charge < -0.3 is 4.57 Å². The van der Waals surface area contributed by atoms with Crippen LogP contribution in [-0.4, -0.2) is 27.0 Å². The molecule has 0 aliphatic heterocycles. The molecule has 0 bridgehead atoms. The number of carbonyl (C=O) groups is 1. The Kier molecular flexibility index (Phi) is 5.68. The topological polar surface area (TPSA) is 51.0 Å². The Morgan fingerprint density at radius 3 is 2.82 bits per heavy atom. The zero-order chi connectivity index (χ0) is 19.7. The molecule has 0 saturated carbocycles. The number of halogens is 2. The van der Waals surface area contributed by atoms with E-state index in [0.29, 0.717) is 25.9 Å². The van der Waals surface area contributed by atoms with Gasteiger partial charge in [-0.3, -0.25) is 9.69 Å². The first kappa shape index (κ1) is 19.4. The summed E-state index contributed by atoms with van der Waals surface area (Å²) in [7, 11) is 0. The lowest BCUT2D eigenvalue weighted by molar-refractivity contribution is 0.0987. The van der Waals surface area contributed by atoms with Crippen molar-refractivity contribution >= 4 is 67.1 Å². The Morgan fingerprint density at radius 2 is 2.11 bits per heavy atom. The van der Waals surface area contributed by atoms with Crippen LogP contribution in [0.25, 0.3) is 10.2 Å². The molecule has 4 rings (SSSR count). The van der Waals surface area contributed by atoms with Gasteiger partial charge in [-0.2, -0.15) is 0 Å². The molecule has 0 radical (unpaired) electrons. The van der Waals surface area contributed by atoms with E-state index in [1.54, 1.807) is 23.5 Å². The molecule has 28 heavy (non-hydrogen) atoms. The van der Waals surface area contributed by atoms with Crippen LogP contribution in [-0.2, 0) is 6.54 Å². The number of nitrogens with zero attached hydrogens (tertiary/aromatic N) is 4. The molecule has 0 aliphatic carbocycles. The molecule has 0 atom stereocenters. The lowest BCUT2D eigenvalue weighted by atomic mass is 10.2. The maximum absolute atomic E-state index is 13.3. The summed E-state index contributed by atoms with van der Waals surface area (Å²) in [6.45, 7) is 3.31. The summed E-state index contributed by atoms with van der Waals surface area (Å²) in [5.74, 6) is -0.186. The molecular formula is C19H16Cl2N4OS2. The quantitative estimate of drug-likeness (QED) is 0.366. The average molecular weight is 451 g/mol. The lowest BCUT2D eigenvalue weighted by Crippen LogP contribution is -2.32. The van der Waals surface area contributed by atoms with Crippen molar-refractivity contribution in [3.8, 4) is 0 Å². The Hall–Kier alpha value is -1.93. The van der Waals surface area contributed by atoms with Crippen LogP contribution >= 0.6 is 45.9 Å². The molecule has 3 heterocycles. The van der Waals surface area contributed by atoms with E-state index in [0.717, 1.165) is 28.7 Å². The summed E-state index contributed by atoms with van der Waals surface area (Å²) in [4.78, 5) is 23.7. The standard InChI is InChI=1S/C19H16Cl2N4OS2/c1-12-3-4-14-15(9-12)27-19(23-14)25(7-2-6-24-8-5-22-11-24)18(26)13-10-16(20)28-17(13)21/h3-5,8-11H,2,6-7H2,1H3. The van der Waals surface area contributed by atoms with Gasteiger partial charge in [0.25, 0.3) is 5.91 Å². The summed E-state index contributed by atoms with van der Waals surface area (Å²) in [6.07, 6.45) is 6.17. The van der Waals surface area contributed by atoms with Crippen molar-refractivity contribution in [2.24, 2.45) is 0 Å². The molecule has 0 spiro atoms. The van der Waals surface area contributed by atoms with Gasteiger partial charge in [-0.1, -0.05) is 40.6 Å². The van der Waals surface area contributed by atoms with E-state index in [1.165, 1.54) is 22.7 Å². The maximum atomic E-state index is 13.3. The van der Waals surface area contributed by atoms with Gasteiger partial charge in [-0.15, -0.1) is 11.3 Å². The SMILES string of the molecule is Cc1ccc2nc(N(CCCn3ccnc3)C(=O)c3cc(Cl)sc3Cl)sc2c1. The third-order valence-electron chi connectivity index (χ3n) is 4.25. The third-order valence-corrected chi connectivity index (χ3v) is 6.78. The predicted octanol–water partition coefficient (Wildman–Crippen LogP) is 5.91. The van der Waals surface area contributed by atoms with E-state index in [4.69, 9.17) is 23.2 Å². The molecule has 3 aromatic heterocycles. The molecule has 4 aromatic rings. The number of fused-ring (bicyclic) bond motifs is 1. The van der Waals surface area contributed by atoms with Gasteiger partial charge in [-0.25, -0.2) is 9.97 Å². The summed E-state index contributed by atoms with van der Waals surface area (Å²) >= 11 is 15.0. The minimum absolute atomic E-state index is 0.186.